The molecule has 1 rings (SSSR count). The van der Waals surface area contributed by atoms with E-state index in [1.807, 2.05) is 0 Å². The number of anilines is 1. The second kappa shape index (κ2) is 6.29. The average Bonchev–Trinajstić information content (AvgIpc) is 2.38. The van der Waals surface area contributed by atoms with E-state index in [9.17, 15) is 13.2 Å². The van der Waals surface area contributed by atoms with Crippen LogP contribution in [-0.4, -0.2) is 49.4 Å². The number of carbonyl (C=O) groups is 1. The van der Waals surface area contributed by atoms with E-state index in [0.717, 1.165) is 0 Å². The summed E-state index contributed by atoms with van der Waals surface area (Å²) in [7, 11) is -1.37. The molecule has 0 bridgehead atoms. The molecule has 2 N–H and O–H groups in total. The molecular weight excluding hydrogens is 256 g/mol. The summed E-state index contributed by atoms with van der Waals surface area (Å²) in [6.07, 6.45) is 2.76. The Morgan fingerprint density at radius 2 is 2.06 bits per heavy atom. The molecule has 0 saturated carbocycles. The van der Waals surface area contributed by atoms with E-state index in [-0.39, 0.29) is 23.7 Å². The van der Waals surface area contributed by atoms with Crippen LogP contribution >= 0.6 is 0 Å². The largest absolute Gasteiger partial charge is 0.372 e. The quantitative estimate of drug-likeness (QED) is 0.736. The summed E-state index contributed by atoms with van der Waals surface area (Å²) >= 11 is 0. The van der Waals surface area contributed by atoms with E-state index in [1.165, 1.54) is 12.4 Å². The molecule has 0 spiro atoms. The second-order valence-electron chi connectivity index (χ2n) is 3.53. The van der Waals surface area contributed by atoms with Gasteiger partial charge in [-0.15, -0.1) is 0 Å². The lowest BCUT2D eigenvalue weighted by atomic mass is 10.4. The van der Waals surface area contributed by atoms with Crippen molar-refractivity contribution >= 4 is 21.6 Å². The molecule has 8 heteroatoms. The van der Waals surface area contributed by atoms with Crippen molar-refractivity contribution in [3.05, 3.63) is 18.1 Å². The van der Waals surface area contributed by atoms with Crippen LogP contribution < -0.4 is 10.6 Å². The van der Waals surface area contributed by atoms with E-state index < -0.39 is 15.7 Å². The molecule has 100 valence electrons. The van der Waals surface area contributed by atoms with E-state index in [1.54, 1.807) is 14.0 Å². The van der Waals surface area contributed by atoms with E-state index in [2.05, 4.69) is 20.6 Å². The number of amides is 1. The molecule has 0 aliphatic rings. The van der Waals surface area contributed by atoms with Crippen molar-refractivity contribution in [2.45, 2.75) is 6.92 Å². The van der Waals surface area contributed by atoms with Gasteiger partial charge in [-0.1, -0.05) is 6.92 Å². The standard InChI is InChI=1S/C10H16N4O3S/c1-3-18(16,17)5-4-12-10(15)8-6-14-9(11-2)7-13-8/h6-7H,3-5H2,1-2H3,(H,11,14)(H,12,15). The smallest absolute Gasteiger partial charge is 0.271 e. The summed E-state index contributed by atoms with van der Waals surface area (Å²) in [5, 5.41) is 5.26. The Morgan fingerprint density at radius 3 is 2.56 bits per heavy atom. The first kappa shape index (κ1) is 14.4. The van der Waals surface area contributed by atoms with Gasteiger partial charge in [0.2, 0.25) is 0 Å². The van der Waals surface area contributed by atoms with Crippen molar-refractivity contribution in [3.63, 3.8) is 0 Å². The van der Waals surface area contributed by atoms with Crippen LogP contribution in [0.3, 0.4) is 0 Å². The number of nitrogens with one attached hydrogen (secondary N) is 2. The van der Waals surface area contributed by atoms with Gasteiger partial charge in [-0.3, -0.25) is 4.79 Å². The van der Waals surface area contributed by atoms with Crippen LogP contribution in [0.4, 0.5) is 5.82 Å². The highest BCUT2D eigenvalue weighted by Crippen LogP contribution is 1.99. The van der Waals surface area contributed by atoms with Crippen LogP contribution in [-0.2, 0) is 9.84 Å². The van der Waals surface area contributed by atoms with Gasteiger partial charge in [-0.05, 0) is 0 Å². The van der Waals surface area contributed by atoms with Gasteiger partial charge in [0.15, 0.2) is 9.84 Å². The van der Waals surface area contributed by atoms with Crippen LogP contribution in [0.2, 0.25) is 0 Å². The second-order valence-corrected chi connectivity index (χ2v) is 6.00. The molecule has 0 radical (unpaired) electrons. The van der Waals surface area contributed by atoms with Gasteiger partial charge < -0.3 is 10.6 Å². The number of hydrogen-bond acceptors (Lipinski definition) is 6. The lowest BCUT2D eigenvalue weighted by molar-refractivity contribution is 0.0951. The van der Waals surface area contributed by atoms with Crippen LogP contribution in [0.25, 0.3) is 0 Å². The minimum Gasteiger partial charge on any atom is -0.372 e. The van der Waals surface area contributed by atoms with E-state index in [4.69, 9.17) is 0 Å². The summed E-state index contributed by atoms with van der Waals surface area (Å²) < 4.78 is 22.4. The molecular formula is C10H16N4O3S. The summed E-state index contributed by atoms with van der Waals surface area (Å²) in [5.41, 5.74) is 0.155. The fourth-order valence-corrected chi connectivity index (χ4v) is 1.83. The van der Waals surface area contributed by atoms with Crippen molar-refractivity contribution in [2.75, 3.05) is 30.4 Å². The molecule has 0 aromatic carbocycles. The Morgan fingerprint density at radius 1 is 1.33 bits per heavy atom. The highest BCUT2D eigenvalue weighted by Gasteiger charge is 2.10. The molecule has 0 aliphatic carbocycles. The molecule has 1 heterocycles. The minimum absolute atomic E-state index is 0.0690. The summed E-state index contributed by atoms with van der Waals surface area (Å²) in [5.74, 6) is 0.119. The molecule has 0 saturated heterocycles. The fourth-order valence-electron chi connectivity index (χ4n) is 1.13. The first-order valence-electron chi connectivity index (χ1n) is 5.47. The van der Waals surface area contributed by atoms with E-state index in [0.29, 0.717) is 5.82 Å². The third-order valence-electron chi connectivity index (χ3n) is 2.28. The van der Waals surface area contributed by atoms with Gasteiger partial charge in [-0.2, -0.15) is 0 Å². The first-order chi connectivity index (χ1) is 8.48. The molecule has 1 aromatic heterocycles. The summed E-state index contributed by atoms with van der Waals surface area (Å²) in [6, 6.07) is 0. The number of rotatable bonds is 6. The molecule has 1 aromatic rings. The number of sulfone groups is 1. The first-order valence-corrected chi connectivity index (χ1v) is 7.29. The van der Waals surface area contributed by atoms with Crippen LogP contribution in [0.5, 0.6) is 0 Å². The summed E-state index contributed by atoms with van der Waals surface area (Å²) in [4.78, 5) is 19.4. The molecule has 0 atom stereocenters. The topological polar surface area (TPSA) is 101 Å². The van der Waals surface area contributed by atoms with Gasteiger partial charge in [0.25, 0.3) is 5.91 Å². The predicted octanol–water partition coefficient (Wildman–Crippen LogP) is -0.317. The number of aromatic nitrogens is 2. The molecule has 7 nitrogen and oxygen atoms in total. The number of nitrogens with zero attached hydrogens (tertiary/aromatic N) is 2. The van der Waals surface area contributed by atoms with Gasteiger partial charge in [0, 0.05) is 19.3 Å². The van der Waals surface area contributed by atoms with Crippen molar-refractivity contribution < 1.29 is 13.2 Å². The highest BCUT2D eigenvalue weighted by molar-refractivity contribution is 7.91. The predicted molar refractivity (Wildman–Crippen MR) is 68.2 cm³/mol. The third-order valence-corrected chi connectivity index (χ3v) is 3.98. The third kappa shape index (κ3) is 4.28. The van der Waals surface area contributed by atoms with E-state index >= 15 is 0 Å². The normalized spacial score (nSPS) is 11.0. The lowest BCUT2D eigenvalue weighted by Crippen LogP contribution is -2.30. The highest BCUT2D eigenvalue weighted by atomic mass is 32.2. The van der Waals surface area contributed by atoms with Crippen molar-refractivity contribution in [1.29, 1.82) is 0 Å². The minimum atomic E-state index is -3.07. The van der Waals surface area contributed by atoms with Gasteiger partial charge in [0.1, 0.15) is 11.5 Å². The van der Waals surface area contributed by atoms with Gasteiger partial charge in [0.05, 0.1) is 18.1 Å². The van der Waals surface area contributed by atoms with Gasteiger partial charge in [-0.25, -0.2) is 18.4 Å². The SMILES string of the molecule is CCS(=O)(=O)CCNC(=O)c1cnc(NC)cn1. The lowest BCUT2D eigenvalue weighted by Gasteiger charge is -2.05. The Labute approximate surface area is 106 Å². The number of hydrogen-bond donors (Lipinski definition) is 2. The molecule has 0 fully saturated rings. The maximum Gasteiger partial charge on any atom is 0.271 e. The summed E-state index contributed by atoms with van der Waals surface area (Å²) in [6.45, 7) is 1.64. The van der Waals surface area contributed by atoms with Crippen molar-refractivity contribution in [2.24, 2.45) is 0 Å². The average molecular weight is 272 g/mol. The zero-order valence-electron chi connectivity index (χ0n) is 10.3. The van der Waals surface area contributed by atoms with Crippen LogP contribution in [0.1, 0.15) is 17.4 Å². The fraction of sp³-hybridized carbons (Fsp3) is 0.500. The molecule has 18 heavy (non-hydrogen) atoms. The molecule has 0 aliphatic heterocycles. The Balaban J connectivity index is 2.50. The van der Waals surface area contributed by atoms with Crippen molar-refractivity contribution in [1.82, 2.24) is 15.3 Å². The molecule has 0 unspecified atom stereocenters. The maximum atomic E-state index is 11.6. The maximum absolute atomic E-state index is 11.6. The van der Waals surface area contributed by atoms with Crippen LogP contribution in [0, 0.1) is 0 Å². The Kier molecular flexibility index (Phi) is 5.02. The zero-order valence-corrected chi connectivity index (χ0v) is 11.1. The molecule has 1 amide bonds. The van der Waals surface area contributed by atoms with Gasteiger partial charge >= 0.3 is 0 Å². The zero-order chi connectivity index (χ0) is 13.6. The van der Waals surface area contributed by atoms with Crippen molar-refractivity contribution in [3.8, 4) is 0 Å². The Bertz CT molecular complexity index is 498. The number of carbonyl (C=O) groups excluding carboxylic acids is 1. The monoisotopic (exact) mass is 272 g/mol. The van der Waals surface area contributed by atoms with Crippen LogP contribution in [0.15, 0.2) is 12.4 Å². The Hall–Kier alpha value is -1.70.